The highest BCUT2D eigenvalue weighted by molar-refractivity contribution is 6.35. The van der Waals surface area contributed by atoms with Gasteiger partial charge >= 0.3 is 11.8 Å². The van der Waals surface area contributed by atoms with Crippen molar-refractivity contribution in [1.29, 1.82) is 0 Å². The number of piperazine rings is 1. The van der Waals surface area contributed by atoms with E-state index < -0.39 is 11.8 Å². The zero-order chi connectivity index (χ0) is 19.5. The Bertz CT molecular complexity index is 1030. The van der Waals surface area contributed by atoms with Crippen LogP contribution in [0, 0.1) is 0 Å². The lowest BCUT2D eigenvalue weighted by molar-refractivity contribution is -0.156. The average Bonchev–Trinajstić information content (AvgIpc) is 3.10. The molecule has 7 heteroatoms. The lowest BCUT2D eigenvalue weighted by Crippen LogP contribution is -2.53. The Morgan fingerprint density at radius 1 is 1.11 bits per heavy atom. The van der Waals surface area contributed by atoms with Crippen LogP contribution in [-0.2, 0) is 16.1 Å². The predicted molar refractivity (Wildman–Crippen MR) is 109 cm³/mol. The van der Waals surface area contributed by atoms with E-state index in [4.69, 9.17) is 11.6 Å². The molecule has 1 aliphatic heterocycles. The molecule has 1 N–H and O–H groups in total. The fourth-order valence-corrected chi connectivity index (χ4v) is 3.49. The Balaban J connectivity index is 1.37. The summed E-state index contributed by atoms with van der Waals surface area (Å²) >= 11 is 5.97. The Morgan fingerprint density at radius 3 is 2.75 bits per heavy atom. The molecule has 1 aliphatic rings. The van der Waals surface area contributed by atoms with Gasteiger partial charge in [-0.1, -0.05) is 35.9 Å². The molecule has 6 nitrogen and oxygen atoms in total. The lowest BCUT2D eigenvalue weighted by atomic mass is 10.2. The van der Waals surface area contributed by atoms with Crippen molar-refractivity contribution >= 4 is 40.4 Å². The molecule has 3 aromatic rings. The van der Waals surface area contributed by atoms with Crippen LogP contribution in [0.3, 0.4) is 0 Å². The summed E-state index contributed by atoms with van der Waals surface area (Å²) in [6.07, 6.45) is 7.26. The normalized spacial score (nSPS) is 15.2. The highest BCUT2D eigenvalue weighted by Crippen LogP contribution is 2.17. The average molecular weight is 395 g/mol. The second-order valence-electron chi connectivity index (χ2n) is 6.69. The van der Waals surface area contributed by atoms with E-state index in [9.17, 15) is 9.59 Å². The van der Waals surface area contributed by atoms with Crippen molar-refractivity contribution in [2.75, 3.05) is 19.6 Å². The number of aromatic amines is 1. The summed E-state index contributed by atoms with van der Waals surface area (Å²) in [7, 11) is 0. The van der Waals surface area contributed by atoms with Crippen LogP contribution < -0.4 is 0 Å². The number of hydrogen-bond donors (Lipinski definition) is 1. The van der Waals surface area contributed by atoms with Crippen molar-refractivity contribution in [3.8, 4) is 0 Å². The molecule has 0 unspecified atom stereocenters. The Labute approximate surface area is 167 Å². The van der Waals surface area contributed by atoms with Gasteiger partial charge in [-0.2, -0.15) is 0 Å². The SMILES string of the molecule is O=C1C(=O)N(Cc2cc3cnccc3[nH]2)CCN1C/C=C/c1cccc(Cl)c1. The first kappa shape index (κ1) is 18.3. The minimum absolute atomic E-state index is 0.380. The van der Waals surface area contributed by atoms with E-state index in [1.807, 2.05) is 48.6 Å². The molecule has 0 aliphatic carbocycles. The zero-order valence-corrected chi connectivity index (χ0v) is 15.9. The number of fused-ring (bicyclic) bond motifs is 1. The van der Waals surface area contributed by atoms with E-state index in [1.54, 1.807) is 22.2 Å². The Kier molecular flexibility index (Phi) is 5.12. The molecule has 3 heterocycles. The monoisotopic (exact) mass is 394 g/mol. The second kappa shape index (κ2) is 7.86. The summed E-state index contributed by atoms with van der Waals surface area (Å²) in [5, 5.41) is 1.65. The van der Waals surface area contributed by atoms with Crippen molar-refractivity contribution in [3.05, 3.63) is 71.1 Å². The van der Waals surface area contributed by atoms with Gasteiger partial charge in [-0.05, 0) is 29.8 Å². The Hall–Kier alpha value is -3.12. The minimum atomic E-state index is -0.473. The molecule has 142 valence electrons. The van der Waals surface area contributed by atoms with Crippen LogP contribution in [0.15, 0.2) is 54.9 Å². The van der Waals surface area contributed by atoms with Gasteiger partial charge in [0, 0.05) is 53.6 Å². The number of benzene rings is 1. The van der Waals surface area contributed by atoms with Gasteiger partial charge in [0.1, 0.15) is 0 Å². The minimum Gasteiger partial charge on any atom is -0.357 e. The summed E-state index contributed by atoms with van der Waals surface area (Å²) in [5.74, 6) is -0.945. The fourth-order valence-electron chi connectivity index (χ4n) is 3.29. The van der Waals surface area contributed by atoms with Crippen molar-refractivity contribution < 1.29 is 9.59 Å². The van der Waals surface area contributed by atoms with Crippen molar-refractivity contribution in [1.82, 2.24) is 19.8 Å². The van der Waals surface area contributed by atoms with Crippen LogP contribution >= 0.6 is 11.6 Å². The topological polar surface area (TPSA) is 69.3 Å². The number of carbonyl (C=O) groups is 2. The third-order valence-corrected chi connectivity index (χ3v) is 4.96. The van der Waals surface area contributed by atoms with Gasteiger partial charge in [-0.25, -0.2) is 0 Å². The molecule has 1 saturated heterocycles. The number of carbonyl (C=O) groups excluding carboxylic acids is 2. The van der Waals surface area contributed by atoms with Crippen molar-refractivity contribution in [2.45, 2.75) is 6.54 Å². The summed E-state index contributed by atoms with van der Waals surface area (Å²) < 4.78 is 0. The molecule has 2 amide bonds. The number of H-pyrrole nitrogens is 1. The standard InChI is InChI=1S/C21H19ClN4O2/c22-17-5-1-3-15(11-17)4-2-8-25-9-10-26(21(28)20(25)27)14-18-12-16-13-23-7-6-19(16)24-18/h1-7,11-13,24H,8-10,14H2/b4-2+. The highest BCUT2D eigenvalue weighted by atomic mass is 35.5. The molecular weight excluding hydrogens is 376 g/mol. The molecule has 0 saturated carbocycles. The smallest absolute Gasteiger partial charge is 0.312 e. The molecule has 0 bridgehead atoms. The number of pyridine rings is 1. The maximum atomic E-state index is 12.5. The van der Waals surface area contributed by atoms with E-state index in [-0.39, 0.29) is 0 Å². The summed E-state index contributed by atoms with van der Waals surface area (Å²) in [6, 6.07) is 11.3. The predicted octanol–water partition coefficient (Wildman–Crippen LogP) is 3.10. The van der Waals surface area contributed by atoms with E-state index in [2.05, 4.69) is 9.97 Å². The third-order valence-electron chi connectivity index (χ3n) is 4.72. The van der Waals surface area contributed by atoms with Gasteiger partial charge in [0.15, 0.2) is 0 Å². The summed E-state index contributed by atoms with van der Waals surface area (Å²) in [5.41, 5.74) is 2.81. The molecule has 0 radical (unpaired) electrons. The van der Waals surface area contributed by atoms with Gasteiger partial charge in [0.05, 0.1) is 6.54 Å². The second-order valence-corrected chi connectivity index (χ2v) is 7.13. The van der Waals surface area contributed by atoms with Crippen LogP contribution in [0.1, 0.15) is 11.3 Å². The number of nitrogens with one attached hydrogen (secondary N) is 1. The summed E-state index contributed by atoms with van der Waals surface area (Å²) in [6.45, 7) is 1.78. The van der Waals surface area contributed by atoms with E-state index in [1.165, 1.54) is 0 Å². The maximum Gasteiger partial charge on any atom is 0.312 e. The van der Waals surface area contributed by atoms with Crippen LogP contribution in [0.25, 0.3) is 17.0 Å². The maximum absolute atomic E-state index is 12.5. The molecule has 28 heavy (non-hydrogen) atoms. The summed E-state index contributed by atoms with van der Waals surface area (Å²) in [4.78, 5) is 35.5. The first-order valence-corrected chi connectivity index (χ1v) is 9.40. The number of amides is 2. The molecule has 0 spiro atoms. The molecule has 1 aromatic carbocycles. The molecule has 2 aromatic heterocycles. The van der Waals surface area contributed by atoms with Crippen LogP contribution in [0.5, 0.6) is 0 Å². The lowest BCUT2D eigenvalue weighted by Gasteiger charge is -2.33. The molecule has 0 atom stereocenters. The molecular formula is C21H19ClN4O2. The van der Waals surface area contributed by atoms with E-state index in [0.29, 0.717) is 31.2 Å². The van der Waals surface area contributed by atoms with Gasteiger partial charge in [0.2, 0.25) is 0 Å². The quantitative estimate of drug-likeness (QED) is 0.676. The first-order chi connectivity index (χ1) is 13.6. The van der Waals surface area contributed by atoms with E-state index >= 15 is 0 Å². The zero-order valence-electron chi connectivity index (χ0n) is 15.1. The van der Waals surface area contributed by atoms with Gasteiger partial charge in [-0.15, -0.1) is 0 Å². The van der Waals surface area contributed by atoms with Crippen LogP contribution in [0.2, 0.25) is 5.02 Å². The van der Waals surface area contributed by atoms with Gasteiger partial charge in [-0.3, -0.25) is 14.6 Å². The van der Waals surface area contributed by atoms with E-state index in [0.717, 1.165) is 22.2 Å². The van der Waals surface area contributed by atoms with Gasteiger partial charge < -0.3 is 14.8 Å². The van der Waals surface area contributed by atoms with Crippen molar-refractivity contribution in [3.63, 3.8) is 0 Å². The van der Waals surface area contributed by atoms with Crippen molar-refractivity contribution in [2.24, 2.45) is 0 Å². The van der Waals surface area contributed by atoms with Crippen LogP contribution in [0.4, 0.5) is 0 Å². The number of hydrogen-bond acceptors (Lipinski definition) is 3. The number of rotatable bonds is 5. The molecule has 1 fully saturated rings. The Morgan fingerprint density at radius 2 is 1.93 bits per heavy atom. The number of nitrogens with zero attached hydrogens (tertiary/aromatic N) is 3. The molecule has 4 rings (SSSR count). The van der Waals surface area contributed by atoms with Crippen LogP contribution in [-0.4, -0.2) is 51.2 Å². The number of halogens is 1. The first-order valence-electron chi connectivity index (χ1n) is 9.02. The third kappa shape index (κ3) is 3.92. The fraction of sp³-hybridized carbons (Fsp3) is 0.190. The highest BCUT2D eigenvalue weighted by Gasteiger charge is 2.31. The number of aromatic nitrogens is 2. The largest absolute Gasteiger partial charge is 0.357 e. The van der Waals surface area contributed by atoms with Gasteiger partial charge in [0.25, 0.3) is 0 Å².